The van der Waals surface area contributed by atoms with Crippen LogP contribution in [0.5, 0.6) is 0 Å². The molecule has 0 saturated heterocycles. The normalized spacial score (nSPS) is 10.9. The molecule has 1 aromatic rings. The molecular formula is C18H29N3O6. The van der Waals surface area contributed by atoms with Crippen molar-refractivity contribution >= 4 is 18.0 Å². The minimum atomic E-state index is -1.34. The van der Waals surface area contributed by atoms with Gasteiger partial charge in [0.2, 0.25) is 5.91 Å². The predicted octanol–water partition coefficient (Wildman–Crippen LogP) is 0.608. The zero-order valence-electron chi connectivity index (χ0n) is 16.1. The van der Waals surface area contributed by atoms with Gasteiger partial charge in [0.15, 0.2) is 0 Å². The Morgan fingerprint density at radius 2 is 1.67 bits per heavy atom. The first-order chi connectivity index (χ1) is 12.4. The molecular weight excluding hydrogens is 354 g/mol. The summed E-state index contributed by atoms with van der Waals surface area (Å²) in [6, 6.07) is 9.15. The van der Waals surface area contributed by atoms with E-state index in [0.29, 0.717) is 0 Å². The van der Waals surface area contributed by atoms with Crippen LogP contribution in [0.3, 0.4) is 0 Å². The van der Waals surface area contributed by atoms with Crippen molar-refractivity contribution in [2.75, 3.05) is 13.2 Å². The number of alkyl carbamates (subject to hydrolysis) is 1. The molecule has 0 aliphatic carbocycles. The summed E-state index contributed by atoms with van der Waals surface area (Å²) >= 11 is 0. The first-order valence-corrected chi connectivity index (χ1v) is 8.30. The minimum Gasteiger partial charge on any atom is -0.480 e. The van der Waals surface area contributed by atoms with Crippen molar-refractivity contribution in [3.63, 3.8) is 0 Å². The molecule has 0 bridgehead atoms. The third-order valence-electron chi connectivity index (χ3n) is 3.14. The highest BCUT2D eigenvalue weighted by molar-refractivity contribution is 5.85. The van der Waals surface area contributed by atoms with Gasteiger partial charge in [-0.3, -0.25) is 4.79 Å². The number of rotatable bonds is 7. The third-order valence-corrected chi connectivity index (χ3v) is 3.14. The number of aliphatic hydroxyl groups excluding tert-OH is 1. The molecule has 0 heterocycles. The van der Waals surface area contributed by atoms with E-state index in [0.717, 1.165) is 5.56 Å². The van der Waals surface area contributed by atoms with Gasteiger partial charge in [0.1, 0.15) is 12.1 Å². The van der Waals surface area contributed by atoms with Crippen LogP contribution in [0, 0.1) is 0 Å². The smallest absolute Gasteiger partial charge is 0.408 e. The Morgan fingerprint density at radius 1 is 1.11 bits per heavy atom. The lowest BCUT2D eigenvalue weighted by Crippen LogP contribution is -2.49. The van der Waals surface area contributed by atoms with Crippen molar-refractivity contribution in [1.29, 1.82) is 0 Å². The zero-order chi connectivity index (χ0) is 21.1. The van der Waals surface area contributed by atoms with E-state index in [4.69, 9.17) is 20.7 Å². The molecule has 0 aromatic heterocycles. The Labute approximate surface area is 158 Å². The monoisotopic (exact) mass is 383 g/mol. The number of nitrogens with one attached hydrogen (secondary N) is 2. The summed E-state index contributed by atoms with van der Waals surface area (Å²) in [6.45, 7) is 6.32. The molecule has 0 radical (unpaired) electrons. The van der Waals surface area contributed by atoms with E-state index in [1.54, 1.807) is 13.8 Å². The Balaban J connectivity index is 0.000000580. The second-order valence-corrected chi connectivity index (χ2v) is 6.82. The lowest BCUT2D eigenvalue weighted by atomic mass is 10.1. The van der Waals surface area contributed by atoms with Gasteiger partial charge in [0.05, 0.1) is 12.1 Å². The number of carbonyl (C=O) groups excluding carboxylic acids is 2. The molecule has 6 N–H and O–H groups in total. The van der Waals surface area contributed by atoms with Crippen molar-refractivity contribution in [1.82, 2.24) is 10.6 Å². The van der Waals surface area contributed by atoms with E-state index in [-0.39, 0.29) is 25.7 Å². The van der Waals surface area contributed by atoms with Gasteiger partial charge in [0, 0.05) is 6.54 Å². The number of carboxylic acid groups (broad SMARTS) is 1. The first-order valence-electron chi connectivity index (χ1n) is 8.30. The van der Waals surface area contributed by atoms with Crippen LogP contribution < -0.4 is 16.4 Å². The van der Waals surface area contributed by atoms with Gasteiger partial charge >= 0.3 is 12.1 Å². The number of hydrogen-bond donors (Lipinski definition) is 5. The molecule has 1 aromatic carbocycles. The Morgan fingerprint density at radius 3 is 2.11 bits per heavy atom. The fourth-order valence-corrected chi connectivity index (χ4v) is 1.47. The van der Waals surface area contributed by atoms with E-state index in [1.165, 1.54) is 13.8 Å². The molecule has 0 atom stereocenters. The summed E-state index contributed by atoms with van der Waals surface area (Å²) in [6.07, 6.45) is -0.749. The maximum atomic E-state index is 11.3. The van der Waals surface area contributed by atoms with Crippen LogP contribution in [-0.4, -0.2) is 52.4 Å². The molecule has 0 unspecified atom stereocenters. The fourth-order valence-electron chi connectivity index (χ4n) is 1.47. The molecule has 0 aliphatic heterocycles. The number of nitrogens with two attached hydrogens (primary N) is 1. The van der Waals surface area contributed by atoms with Crippen LogP contribution in [0.1, 0.15) is 33.3 Å². The number of aliphatic carboxylic acids is 1. The van der Waals surface area contributed by atoms with E-state index in [2.05, 4.69) is 10.6 Å². The zero-order valence-corrected chi connectivity index (χ0v) is 16.1. The molecule has 27 heavy (non-hydrogen) atoms. The van der Waals surface area contributed by atoms with Gasteiger partial charge in [0.25, 0.3) is 0 Å². The van der Waals surface area contributed by atoms with Crippen LogP contribution in [0.2, 0.25) is 0 Å². The molecule has 0 fully saturated rings. The van der Waals surface area contributed by atoms with Crippen LogP contribution in [-0.2, 0) is 20.9 Å². The lowest BCUT2D eigenvalue weighted by Gasteiger charge is -2.20. The summed E-state index contributed by atoms with van der Waals surface area (Å²) in [5, 5.41) is 21.9. The summed E-state index contributed by atoms with van der Waals surface area (Å²) in [5.74, 6) is -1.37. The highest BCUT2D eigenvalue weighted by Gasteiger charge is 2.29. The number of hydrogen-bond acceptors (Lipinski definition) is 6. The summed E-state index contributed by atoms with van der Waals surface area (Å²) < 4.78 is 4.90. The molecule has 152 valence electrons. The molecule has 0 aliphatic rings. The number of amides is 2. The molecule has 0 spiro atoms. The summed E-state index contributed by atoms with van der Waals surface area (Å²) in [7, 11) is 0. The maximum Gasteiger partial charge on any atom is 0.408 e. The van der Waals surface area contributed by atoms with Crippen LogP contribution >= 0.6 is 0 Å². The number of ether oxygens (including phenoxy) is 1. The van der Waals surface area contributed by atoms with Crippen LogP contribution in [0.25, 0.3) is 0 Å². The van der Waals surface area contributed by atoms with E-state index >= 15 is 0 Å². The molecule has 9 nitrogen and oxygen atoms in total. The molecule has 1 rings (SSSR count). The van der Waals surface area contributed by atoms with Gasteiger partial charge in [-0.05, 0) is 33.3 Å². The van der Waals surface area contributed by atoms with Gasteiger partial charge in [-0.2, -0.15) is 0 Å². The average Bonchev–Trinajstić information content (AvgIpc) is 2.58. The molecule has 0 saturated carbocycles. The van der Waals surface area contributed by atoms with E-state index in [9.17, 15) is 14.4 Å². The number of benzene rings is 1. The number of aliphatic hydroxyl groups is 1. The highest BCUT2D eigenvalue weighted by Crippen LogP contribution is 2.04. The second-order valence-electron chi connectivity index (χ2n) is 6.82. The Kier molecular flexibility index (Phi) is 10.1. The van der Waals surface area contributed by atoms with Gasteiger partial charge in [-0.15, -0.1) is 0 Å². The SMILES string of the molecule is CC(C)(N)C(=O)NCCO.CC(C)(NC(=O)OCc1ccccc1)C(=O)O. The quantitative estimate of drug-likeness (QED) is 0.463. The second kappa shape index (κ2) is 11.1. The molecule has 9 heteroatoms. The fraction of sp³-hybridized carbons (Fsp3) is 0.500. The Bertz CT molecular complexity index is 611. The molecule has 2 amide bonds. The van der Waals surface area contributed by atoms with Gasteiger partial charge < -0.3 is 31.3 Å². The largest absolute Gasteiger partial charge is 0.480 e. The summed E-state index contributed by atoms with van der Waals surface area (Å²) in [4.78, 5) is 33.0. The van der Waals surface area contributed by atoms with Crippen molar-refractivity contribution in [3.05, 3.63) is 35.9 Å². The average molecular weight is 383 g/mol. The number of carboxylic acids is 1. The van der Waals surface area contributed by atoms with Crippen molar-refractivity contribution in [2.45, 2.75) is 45.4 Å². The van der Waals surface area contributed by atoms with Crippen molar-refractivity contribution in [2.24, 2.45) is 5.73 Å². The topological polar surface area (TPSA) is 151 Å². The third kappa shape index (κ3) is 10.8. The number of carbonyl (C=O) groups is 3. The lowest BCUT2D eigenvalue weighted by molar-refractivity contribution is -0.143. The summed E-state index contributed by atoms with van der Waals surface area (Å²) in [5.41, 5.74) is 4.08. The maximum absolute atomic E-state index is 11.3. The standard InChI is InChI=1S/C12H15NO4.C6H14N2O2/c1-12(2,10(14)15)13-11(16)17-8-9-6-4-3-5-7-9;1-6(2,7)5(10)8-3-4-9/h3-7H,8H2,1-2H3,(H,13,16)(H,14,15);9H,3-4,7H2,1-2H3,(H,8,10). The van der Waals surface area contributed by atoms with E-state index < -0.39 is 23.1 Å². The van der Waals surface area contributed by atoms with Crippen LogP contribution in [0.4, 0.5) is 4.79 Å². The first kappa shape index (κ1) is 24.4. The van der Waals surface area contributed by atoms with Crippen molar-refractivity contribution < 1.29 is 29.3 Å². The van der Waals surface area contributed by atoms with Gasteiger partial charge in [-0.1, -0.05) is 30.3 Å². The minimum absolute atomic E-state index is 0.0537. The van der Waals surface area contributed by atoms with Crippen molar-refractivity contribution in [3.8, 4) is 0 Å². The van der Waals surface area contributed by atoms with Crippen LogP contribution in [0.15, 0.2) is 30.3 Å². The predicted molar refractivity (Wildman–Crippen MR) is 99.8 cm³/mol. The Hall–Kier alpha value is -2.65. The van der Waals surface area contributed by atoms with Gasteiger partial charge in [-0.25, -0.2) is 9.59 Å². The van der Waals surface area contributed by atoms with E-state index in [1.807, 2.05) is 30.3 Å². The highest BCUT2D eigenvalue weighted by atomic mass is 16.5.